The second-order valence-electron chi connectivity index (χ2n) is 3.98. The number of carbonyl (C=O) groups excluding carboxylic acids is 1. The predicted molar refractivity (Wildman–Crippen MR) is 63.0 cm³/mol. The summed E-state index contributed by atoms with van der Waals surface area (Å²) in [6.45, 7) is 6.20. The van der Waals surface area contributed by atoms with Crippen molar-refractivity contribution in [2.45, 2.75) is 32.9 Å². The van der Waals surface area contributed by atoms with E-state index in [0.29, 0.717) is 19.0 Å². The van der Waals surface area contributed by atoms with E-state index in [-0.39, 0.29) is 5.91 Å². The smallest absolute Gasteiger partial charge is 0.221 e. The molecule has 0 aliphatic heterocycles. The molecule has 1 amide bonds. The van der Waals surface area contributed by atoms with Gasteiger partial charge >= 0.3 is 0 Å². The van der Waals surface area contributed by atoms with Crippen LogP contribution in [0, 0.1) is 0 Å². The van der Waals surface area contributed by atoms with Gasteiger partial charge in [0.05, 0.1) is 6.54 Å². The molecule has 16 heavy (non-hydrogen) atoms. The van der Waals surface area contributed by atoms with Crippen LogP contribution in [-0.2, 0) is 11.3 Å². The molecule has 1 aromatic rings. The van der Waals surface area contributed by atoms with E-state index in [0.717, 1.165) is 13.1 Å². The Kier molecular flexibility index (Phi) is 5.56. The predicted octanol–water partition coefficient (Wildman–Crippen LogP) is 0.387. The molecule has 1 aromatic heterocycles. The van der Waals surface area contributed by atoms with Crippen LogP contribution >= 0.6 is 0 Å². The van der Waals surface area contributed by atoms with Crippen LogP contribution in [0.4, 0.5) is 0 Å². The minimum absolute atomic E-state index is 0.0836. The first-order chi connectivity index (χ1) is 7.68. The molecule has 5 heteroatoms. The summed E-state index contributed by atoms with van der Waals surface area (Å²) < 4.78 is 1.80. The van der Waals surface area contributed by atoms with Gasteiger partial charge in [0.25, 0.3) is 0 Å². The van der Waals surface area contributed by atoms with Gasteiger partial charge in [0.1, 0.15) is 0 Å². The van der Waals surface area contributed by atoms with Gasteiger partial charge in [-0.1, -0.05) is 13.8 Å². The van der Waals surface area contributed by atoms with Crippen LogP contribution in [0.25, 0.3) is 0 Å². The van der Waals surface area contributed by atoms with Gasteiger partial charge in [-0.25, -0.2) is 0 Å². The third kappa shape index (κ3) is 5.50. The van der Waals surface area contributed by atoms with Crippen molar-refractivity contribution >= 4 is 5.91 Å². The normalized spacial score (nSPS) is 10.7. The number of hydrogen-bond donors (Lipinski definition) is 2. The lowest BCUT2D eigenvalue weighted by atomic mass is 10.3. The Bertz CT molecular complexity index is 295. The number of nitrogens with zero attached hydrogens (tertiary/aromatic N) is 2. The Morgan fingerprint density at radius 3 is 2.88 bits per heavy atom. The second-order valence-corrected chi connectivity index (χ2v) is 3.98. The molecule has 0 bridgehead atoms. The number of hydrogen-bond acceptors (Lipinski definition) is 3. The SMILES string of the molecule is CC(C)NCCC(=O)NCCn1cccn1. The summed E-state index contributed by atoms with van der Waals surface area (Å²) in [7, 11) is 0. The van der Waals surface area contributed by atoms with Gasteiger partial charge in [0.15, 0.2) is 0 Å². The molecule has 0 aromatic carbocycles. The Labute approximate surface area is 96.2 Å². The molecule has 1 heterocycles. The fourth-order valence-electron chi connectivity index (χ4n) is 1.31. The van der Waals surface area contributed by atoms with Crippen LogP contribution in [0.2, 0.25) is 0 Å². The molecule has 0 unspecified atom stereocenters. The molecule has 0 aliphatic carbocycles. The van der Waals surface area contributed by atoms with Crippen LogP contribution in [-0.4, -0.2) is 34.8 Å². The molecular formula is C11H20N4O. The van der Waals surface area contributed by atoms with E-state index < -0.39 is 0 Å². The third-order valence-electron chi connectivity index (χ3n) is 2.13. The minimum atomic E-state index is 0.0836. The summed E-state index contributed by atoms with van der Waals surface area (Å²) in [6.07, 6.45) is 4.14. The van der Waals surface area contributed by atoms with Crippen molar-refractivity contribution in [2.24, 2.45) is 0 Å². The summed E-state index contributed by atoms with van der Waals surface area (Å²) in [5.74, 6) is 0.0836. The summed E-state index contributed by atoms with van der Waals surface area (Å²) in [4.78, 5) is 11.4. The molecule has 90 valence electrons. The fourth-order valence-corrected chi connectivity index (χ4v) is 1.31. The second kappa shape index (κ2) is 7.00. The molecule has 2 N–H and O–H groups in total. The highest BCUT2D eigenvalue weighted by Crippen LogP contribution is 1.84. The quantitative estimate of drug-likeness (QED) is 0.704. The number of aromatic nitrogens is 2. The van der Waals surface area contributed by atoms with Gasteiger partial charge in [0.2, 0.25) is 5.91 Å². The van der Waals surface area contributed by atoms with Gasteiger partial charge in [-0.05, 0) is 6.07 Å². The Hall–Kier alpha value is -1.36. The van der Waals surface area contributed by atoms with Crippen LogP contribution in [0.3, 0.4) is 0 Å². The standard InChI is InChI=1S/C11H20N4O/c1-10(2)12-6-4-11(16)13-7-9-15-8-3-5-14-15/h3,5,8,10,12H,4,6-7,9H2,1-2H3,(H,13,16). The lowest BCUT2D eigenvalue weighted by Crippen LogP contribution is -2.32. The molecule has 5 nitrogen and oxygen atoms in total. The zero-order chi connectivity index (χ0) is 11.8. The van der Waals surface area contributed by atoms with Crippen molar-refractivity contribution in [1.29, 1.82) is 0 Å². The lowest BCUT2D eigenvalue weighted by molar-refractivity contribution is -0.121. The molecular weight excluding hydrogens is 204 g/mol. The van der Waals surface area contributed by atoms with E-state index in [2.05, 4.69) is 29.6 Å². The van der Waals surface area contributed by atoms with Crippen molar-refractivity contribution in [2.75, 3.05) is 13.1 Å². The topological polar surface area (TPSA) is 59.0 Å². The number of amides is 1. The minimum Gasteiger partial charge on any atom is -0.354 e. The molecule has 1 rings (SSSR count). The first-order valence-electron chi connectivity index (χ1n) is 5.66. The fraction of sp³-hybridized carbons (Fsp3) is 0.636. The first-order valence-corrected chi connectivity index (χ1v) is 5.66. The summed E-state index contributed by atoms with van der Waals surface area (Å²) >= 11 is 0. The van der Waals surface area contributed by atoms with Gasteiger partial charge in [-0.2, -0.15) is 5.10 Å². The van der Waals surface area contributed by atoms with Gasteiger partial charge in [-0.3, -0.25) is 9.48 Å². The highest BCUT2D eigenvalue weighted by Gasteiger charge is 2.00. The third-order valence-corrected chi connectivity index (χ3v) is 2.13. The van der Waals surface area contributed by atoms with Crippen molar-refractivity contribution in [3.8, 4) is 0 Å². The lowest BCUT2D eigenvalue weighted by Gasteiger charge is -2.08. The van der Waals surface area contributed by atoms with Crippen LogP contribution in [0.1, 0.15) is 20.3 Å². The largest absolute Gasteiger partial charge is 0.354 e. The van der Waals surface area contributed by atoms with Crippen molar-refractivity contribution in [1.82, 2.24) is 20.4 Å². The molecule has 0 radical (unpaired) electrons. The highest BCUT2D eigenvalue weighted by atomic mass is 16.1. The number of nitrogens with one attached hydrogen (secondary N) is 2. The molecule has 0 aliphatic rings. The van der Waals surface area contributed by atoms with E-state index in [1.165, 1.54) is 0 Å². The summed E-state index contributed by atoms with van der Waals surface area (Å²) in [5, 5.41) is 10.1. The monoisotopic (exact) mass is 224 g/mol. The van der Waals surface area contributed by atoms with E-state index in [4.69, 9.17) is 0 Å². The number of rotatable bonds is 7. The van der Waals surface area contributed by atoms with Crippen molar-refractivity contribution < 1.29 is 4.79 Å². The zero-order valence-electron chi connectivity index (χ0n) is 9.94. The maximum Gasteiger partial charge on any atom is 0.221 e. The van der Waals surface area contributed by atoms with E-state index >= 15 is 0 Å². The number of carbonyl (C=O) groups is 1. The average Bonchev–Trinajstić information content (AvgIpc) is 2.70. The summed E-state index contributed by atoms with van der Waals surface area (Å²) in [5.41, 5.74) is 0. The maximum absolute atomic E-state index is 11.4. The maximum atomic E-state index is 11.4. The zero-order valence-corrected chi connectivity index (χ0v) is 9.94. The van der Waals surface area contributed by atoms with E-state index in [1.807, 2.05) is 12.3 Å². The molecule has 0 saturated carbocycles. The molecule has 0 spiro atoms. The highest BCUT2D eigenvalue weighted by molar-refractivity contribution is 5.75. The Morgan fingerprint density at radius 1 is 1.44 bits per heavy atom. The van der Waals surface area contributed by atoms with Crippen molar-refractivity contribution in [3.05, 3.63) is 18.5 Å². The first kappa shape index (κ1) is 12.7. The van der Waals surface area contributed by atoms with Crippen molar-refractivity contribution in [3.63, 3.8) is 0 Å². The van der Waals surface area contributed by atoms with Gasteiger partial charge < -0.3 is 10.6 Å². The van der Waals surface area contributed by atoms with E-state index in [9.17, 15) is 4.79 Å². The van der Waals surface area contributed by atoms with Crippen LogP contribution in [0.15, 0.2) is 18.5 Å². The van der Waals surface area contributed by atoms with E-state index in [1.54, 1.807) is 10.9 Å². The molecule has 0 saturated heterocycles. The van der Waals surface area contributed by atoms with Gasteiger partial charge in [0, 0.05) is 37.9 Å². The average molecular weight is 224 g/mol. The molecule has 0 atom stereocenters. The Balaban J connectivity index is 2.02. The van der Waals surface area contributed by atoms with Crippen LogP contribution in [0.5, 0.6) is 0 Å². The van der Waals surface area contributed by atoms with Crippen LogP contribution < -0.4 is 10.6 Å². The molecule has 0 fully saturated rings. The van der Waals surface area contributed by atoms with Gasteiger partial charge in [-0.15, -0.1) is 0 Å². The summed E-state index contributed by atoms with van der Waals surface area (Å²) in [6, 6.07) is 2.30. The Morgan fingerprint density at radius 2 is 2.25 bits per heavy atom.